The van der Waals surface area contributed by atoms with Crippen molar-refractivity contribution in [3.8, 4) is 0 Å². The lowest BCUT2D eigenvalue weighted by Gasteiger charge is -2.22. The normalized spacial score (nSPS) is 13.4. The van der Waals surface area contributed by atoms with Gasteiger partial charge in [-0.05, 0) is 13.0 Å². The molecule has 0 aromatic heterocycles. The van der Waals surface area contributed by atoms with Crippen molar-refractivity contribution in [1.29, 1.82) is 0 Å². The Morgan fingerprint density at radius 3 is 2.19 bits per heavy atom. The second-order valence-corrected chi connectivity index (χ2v) is 5.92. The van der Waals surface area contributed by atoms with E-state index in [0.717, 1.165) is 11.2 Å². The summed E-state index contributed by atoms with van der Waals surface area (Å²) in [7, 11) is -3.12. The Morgan fingerprint density at radius 1 is 1.25 bits per heavy atom. The third kappa shape index (κ3) is 10.2. The zero-order valence-electron chi connectivity index (χ0n) is 9.13. The Balaban J connectivity index is 4.04. The van der Waals surface area contributed by atoms with Crippen molar-refractivity contribution in [2.45, 2.75) is 12.6 Å². The van der Waals surface area contributed by atoms with Crippen LogP contribution in [0.4, 0.5) is 13.2 Å². The molecule has 0 amide bonds. The highest BCUT2D eigenvalue weighted by Gasteiger charge is 2.30. The molecule has 0 aromatic carbocycles. The summed E-state index contributed by atoms with van der Waals surface area (Å²) in [6.07, 6.45) is -3.03. The summed E-state index contributed by atoms with van der Waals surface area (Å²) in [5.74, 6) is -0.105. The predicted octanol–water partition coefficient (Wildman–Crippen LogP) is 0.244. The Kier molecular flexibility index (Phi) is 6.27. The number of sulfone groups is 1. The van der Waals surface area contributed by atoms with Gasteiger partial charge in [-0.3, -0.25) is 4.90 Å². The average Bonchev–Trinajstić information content (AvgIpc) is 1.98. The van der Waals surface area contributed by atoms with Crippen molar-refractivity contribution in [3.05, 3.63) is 0 Å². The molecule has 0 spiro atoms. The summed E-state index contributed by atoms with van der Waals surface area (Å²) >= 11 is 0. The predicted molar refractivity (Wildman–Crippen MR) is 55.9 cm³/mol. The maximum atomic E-state index is 12.1. The molecule has 98 valence electrons. The monoisotopic (exact) mass is 262 g/mol. The number of hydrogen-bond donors (Lipinski definition) is 1. The highest BCUT2D eigenvalue weighted by molar-refractivity contribution is 7.90. The maximum absolute atomic E-state index is 12.1. The van der Waals surface area contributed by atoms with Crippen molar-refractivity contribution in [2.75, 3.05) is 38.2 Å². The highest BCUT2D eigenvalue weighted by atomic mass is 32.2. The van der Waals surface area contributed by atoms with Gasteiger partial charge in [-0.25, -0.2) is 8.42 Å². The minimum atomic E-state index is -4.28. The molecule has 0 aliphatic rings. The van der Waals surface area contributed by atoms with Crippen molar-refractivity contribution >= 4 is 9.84 Å². The summed E-state index contributed by atoms with van der Waals surface area (Å²) in [6, 6.07) is 0. The van der Waals surface area contributed by atoms with Gasteiger partial charge in [-0.15, -0.1) is 0 Å². The summed E-state index contributed by atoms with van der Waals surface area (Å²) in [6.45, 7) is -0.726. The molecule has 0 saturated heterocycles. The number of halogens is 3. The molecule has 0 aromatic rings. The molecule has 0 bridgehead atoms. The van der Waals surface area contributed by atoms with Crippen LogP contribution in [-0.4, -0.2) is 57.7 Å². The lowest BCUT2D eigenvalue weighted by Crippen LogP contribution is -2.38. The van der Waals surface area contributed by atoms with Crippen LogP contribution in [-0.2, 0) is 9.84 Å². The van der Waals surface area contributed by atoms with Gasteiger partial charge in [-0.2, -0.15) is 13.2 Å². The van der Waals surface area contributed by atoms with Crippen LogP contribution in [0.2, 0.25) is 0 Å². The Bertz CT molecular complexity index is 290. The molecule has 0 heterocycles. The SMILES string of the molecule is CS(=O)(=O)CCCN(CCN)CC(F)(F)F. The molecule has 0 aliphatic heterocycles. The van der Waals surface area contributed by atoms with Crippen LogP contribution in [0.3, 0.4) is 0 Å². The fourth-order valence-electron chi connectivity index (χ4n) is 1.26. The lowest BCUT2D eigenvalue weighted by molar-refractivity contribution is -0.145. The largest absolute Gasteiger partial charge is 0.401 e. The van der Waals surface area contributed by atoms with Crippen LogP contribution in [0.1, 0.15) is 6.42 Å². The van der Waals surface area contributed by atoms with E-state index in [9.17, 15) is 21.6 Å². The van der Waals surface area contributed by atoms with Gasteiger partial charge < -0.3 is 5.73 Å². The highest BCUT2D eigenvalue weighted by Crippen LogP contribution is 2.16. The van der Waals surface area contributed by atoms with E-state index in [2.05, 4.69) is 0 Å². The van der Waals surface area contributed by atoms with Crippen LogP contribution in [0, 0.1) is 0 Å². The maximum Gasteiger partial charge on any atom is 0.401 e. The summed E-state index contributed by atoms with van der Waals surface area (Å²) < 4.78 is 57.8. The molecule has 0 radical (unpaired) electrons. The third-order valence-corrected chi connectivity index (χ3v) is 2.87. The van der Waals surface area contributed by atoms with Crippen LogP contribution in [0.5, 0.6) is 0 Å². The quantitative estimate of drug-likeness (QED) is 0.714. The first kappa shape index (κ1) is 15.7. The molecule has 0 unspecified atom stereocenters. The van der Waals surface area contributed by atoms with Gasteiger partial charge in [0.2, 0.25) is 0 Å². The smallest absolute Gasteiger partial charge is 0.329 e. The standard InChI is InChI=1S/C8H17F3N2O2S/c1-16(14,15)6-2-4-13(5-3-12)7-8(9,10)11/h2-7,12H2,1H3. The summed E-state index contributed by atoms with van der Waals surface area (Å²) in [4.78, 5) is 1.12. The van der Waals surface area contributed by atoms with E-state index in [-0.39, 0.29) is 31.8 Å². The van der Waals surface area contributed by atoms with Crippen molar-refractivity contribution < 1.29 is 21.6 Å². The molecule has 0 atom stereocenters. The van der Waals surface area contributed by atoms with Crippen molar-refractivity contribution in [1.82, 2.24) is 4.90 Å². The number of hydrogen-bond acceptors (Lipinski definition) is 4. The molecule has 0 rings (SSSR count). The summed E-state index contributed by atoms with van der Waals surface area (Å²) in [5.41, 5.74) is 5.18. The van der Waals surface area contributed by atoms with E-state index >= 15 is 0 Å². The van der Waals surface area contributed by atoms with Gasteiger partial charge in [0.1, 0.15) is 9.84 Å². The Morgan fingerprint density at radius 2 is 1.81 bits per heavy atom. The third-order valence-electron chi connectivity index (χ3n) is 1.84. The Labute approximate surface area is 93.5 Å². The topological polar surface area (TPSA) is 63.4 Å². The van der Waals surface area contributed by atoms with Crippen LogP contribution < -0.4 is 5.73 Å². The molecule has 16 heavy (non-hydrogen) atoms. The van der Waals surface area contributed by atoms with E-state index in [1.165, 1.54) is 0 Å². The number of nitrogens with zero attached hydrogens (tertiary/aromatic N) is 1. The van der Waals surface area contributed by atoms with Crippen LogP contribution in [0.15, 0.2) is 0 Å². The van der Waals surface area contributed by atoms with E-state index in [1.54, 1.807) is 0 Å². The summed E-state index contributed by atoms with van der Waals surface area (Å²) in [5, 5.41) is 0. The molecule has 4 nitrogen and oxygen atoms in total. The second-order valence-electron chi connectivity index (χ2n) is 3.66. The number of alkyl halides is 3. The van der Waals surface area contributed by atoms with E-state index in [0.29, 0.717) is 0 Å². The Hall–Kier alpha value is -0.340. The molecule has 8 heteroatoms. The minimum absolute atomic E-state index is 0.0871. The molecule has 0 saturated carbocycles. The van der Waals surface area contributed by atoms with Crippen molar-refractivity contribution in [2.24, 2.45) is 5.73 Å². The number of rotatable bonds is 7. The zero-order chi connectivity index (χ0) is 12.8. The van der Waals surface area contributed by atoms with E-state index in [1.807, 2.05) is 0 Å². The van der Waals surface area contributed by atoms with Crippen LogP contribution >= 0.6 is 0 Å². The van der Waals surface area contributed by atoms with Gasteiger partial charge >= 0.3 is 6.18 Å². The molecule has 0 fully saturated rings. The van der Waals surface area contributed by atoms with E-state index < -0.39 is 22.6 Å². The fraction of sp³-hybridized carbons (Fsp3) is 1.00. The first-order chi connectivity index (χ1) is 7.14. The van der Waals surface area contributed by atoms with Gasteiger partial charge in [-0.1, -0.05) is 0 Å². The number of nitrogens with two attached hydrogens (primary N) is 1. The molecular weight excluding hydrogens is 245 g/mol. The lowest BCUT2D eigenvalue weighted by atomic mass is 10.4. The first-order valence-electron chi connectivity index (χ1n) is 4.81. The molecule has 2 N–H and O–H groups in total. The fourth-order valence-corrected chi connectivity index (χ4v) is 1.91. The van der Waals surface area contributed by atoms with Gasteiger partial charge in [0, 0.05) is 19.3 Å². The minimum Gasteiger partial charge on any atom is -0.329 e. The second kappa shape index (κ2) is 6.41. The molecule has 0 aliphatic carbocycles. The van der Waals surface area contributed by atoms with Gasteiger partial charge in [0.15, 0.2) is 0 Å². The zero-order valence-corrected chi connectivity index (χ0v) is 9.94. The first-order valence-corrected chi connectivity index (χ1v) is 6.87. The van der Waals surface area contributed by atoms with Gasteiger partial charge in [0.25, 0.3) is 0 Å². The van der Waals surface area contributed by atoms with Crippen LogP contribution in [0.25, 0.3) is 0 Å². The molecular formula is C8H17F3N2O2S. The average molecular weight is 262 g/mol. The van der Waals surface area contributed by atoms with Crippen molar-refractivity contribution in [3.63, 3.8) is 0 Å². The van der Waals surface area contributed by atoms with Gasteiger partial charge in [0.05, 0.1) is 12.3 Å². The van der Waals surface area contributed by atoms with E-state index in [4.69, 9.17) is 5.73 Å².